The van der Waals surface area contributed by atoms with Crippen molar-refractivity contribution < 1.29 is 0 Å². The SMILES string of the molecule is C=C1Sc2c(C)ccc(C)c2S1.CC1CCC(C)C(C)C1.CC1CCC(C)C(C)C1.Cc1cc(C)c2ccccc2c1C.Cc1cc(C)c2ccccc2c1C.Cc1ccc(C)c(C)c1.Cc1ccc(C)c(C)c1.Cc1ccc2c(C)c(C)ccc2c1.Cc1ccc2c(C)c(C)ccc2c1.Cc1nc2c(C)ccc(C)c2s1.Cc1nc2c(C)ccc(C)c2s1. The molecule has 18 rings (SSSR count). The van der Waals surface area contributed by atoms with E-state index in [4.69, 9.17) is 0 Å². The molecular weight excluding hydrogens is 1570 g/mol. The molecule has 13 aromatic carbocycles. The highest BCUT2D eigenvalue weighted by molar-refractivity contribution is 8.24. The van der Waals surface area contributed by atoms with E-state index in [9.17, 15) is 0 Å². The lowest BCUT2D eigenvalue weighted by molar-refractivity contribution is 0.220. The zero-order valence-corrected chi connectivity index (χ0v) is 85.2. The molecule has 0 saturated heterocycles. The lowest BCUT2D eigenvalue weighted by atomic mass is 9.77. The molecule has 0 amide bonds. The van der Waals surface area contributed by atoms with E-state index in [-0.39, 0.29) is 0 Å². The lowest BCUT2D eigenvalue weighted by Gasteiger charge is -2.29. The van der Waals surface area contributed by atoms with Crippen LogP contribution in [0.4, 0.5) is 0 Å². The summed E-state index contributed by atoms with van der Waals surface area (Å²) in [5.74, 6) is 5.93. The molecule has 0 N–H and O–H groups in total. The van der Waals surface area contributed by atoms with Gasteiger partial charge in [-0.1, -0.05) is 314 Å². The topological polar surface area (TPSA) is 25.8 Å². The Labute approximate surface area is 767 Å². The van der Waals surface area contributed by atoms with E-state index in [2.05, 4.69) is 432 Å². The van der Waals surface area contributed by atoms with E-state index in [0.29, 0.717) is 0 Å². The van der Waals surface area contributed by atoms with Gasteiger partial charge in [0, 0.05) is 14.0 Å². The Bertz CT molecular complexity index is 5670. The van der Waals surface area contributed by atoms with Crippen molar-refractivity contribution in [2.75, 3.05) is 0 Å². The second-order valence-corrected chi connectivity index (χ2v) is 41.8. The quantitative estimate of drug-likeness (QED) is 0.151. The summed E-state index contributed by atoms with van der Waals surface area (Å²) in [6.07, 6.45) is 8.77. The van der Waals surface area contributed by atoms with Crippen molar-refractivity contribution >= 4 is 110 Å². The molecule has 0 radical (unpaired) electrons. The first-order chi connectivity index (χ1) is 58.6. The molecule has 0 bridgehead atoms. The summed E-state index contributed by atoms with van der Waals surface area (Å²) in [7, 11) is 0. The maximum absolute atomic E-state index is 4.49. The minimum absolute atomic E-state index is 0.980. The van der Waals surface area contributed by atoms with E-state index in [1.54, 1.807) is 46.2 Å². The molecule has 2 saturated carbocycles. The number of thioether (sulfide) groups is 2. The summed E-state index contributed by atoms with van der Waals surface area (Å²) in [5, 5.41) is 13.3. The average Bonchev–Trinajstić information content (AvgIpc) is 1.51. The summed E-state index contributed by atoms with van der Waals surface area (Å²) in [6, 6.07) is 69.7. The number of aryl methyl sites for hydroxylation is 26. The van der Waals surface area contributed by atoms with Crippen LogP contribution in [0.5, 0.6) is 0 Å². The Morgan fingerprint density at radius 3 is 0.871 bits per heavy atom. The van der Waals surface area contributed by atoms with E-state index in [1.165, 1.54) is 250 Å². The van der Waals surface area contributed by atoms with Crippen molar-refractivity contribution in [3.05, 3.63) is 348 Å². The Morgan fingerprint density at radius 2 is 0.548 bits per heavy atom. The Hall–Kier alpha value is -8.88. The van der Waals surface area contributed by atoms with Gasteiger partial charge in [-0.2, -0.15) is 0 Å². The van der Waals surface area contributed by atoms with Crippen molar-refractivity contribution in [3.8, 4) is 0 Å². The van der Waals surface area contributed by atoms with Crippen molar-refractivity contribution in [3.63, 3.8) is 0 Å². The maximum Gasteiger partial charge on any atom is 0.0907 e. The zero-order valence-electron chi connectivity index (χ0n) is 81.9. The average molecular weight is 1720 g/mol. The Morgan fingerprint density at radius 1 is 0.250 bits per heavy atom. The number of rotatable bonds is 0. The lowest BCUT2D eigenvalue weighted by Crippen LogP contribution is -2.18. The largest absolute Gasteiger partial charge is 0.241 e. The van der Waals surface area contributed by atoms with Gasteiger partial charge in [-0.25, -0.2) is 9.97 Å². The monoisotopic (exact) mass is 1720 g/mol. The molecule has 124 heavy (non-hydrogen) atoms. The van der Waals surface area contributed by atoms with Crippen LogP contribution in [0, 0.1) is 216 Å². The minimum Gasteiger partial charge on any atom is -0.241 e. The molecule has 15 aromatic rings. The normalized spacial score (nSPS) is 16.0. The summed E-state index contributed by atoms with van der Waals surface area (Å²) < 4.78 is 3.88. The summed E-state index contributed by atoms with van der Waals surface area (Å²) in [6.45, 7) is 74.0. The van der Waals surface area contributed by atoms with Gasteiger partial charge in [0.2, 0.25) is 0 Å². The molecule has 1 aliphatic heterocycles. The molecule has 3 heterocycles. The van der Waals surface area contributed by atoms with Crippen molar-refractivity contribution in [2.45, 2.75) is 270 Å². The number of nitrogens with zero attached hydrogens (tertiary/aromatic N) is 2. The van der Waals surface area contributed by atoms with Crippen LogP contribution in [-0.2, 0) is 0 Å². The fourth-order valence-electron chi connectivity index (χ4n) is 16.6. The Kier molecular flexibility index (Phi) is 38.2. The molecule has 0 spiro atoms. The first-order valence-corrected chi connectivity index (χ1v) is 48.6. The van der Waals surface area contributed by atoms with E-state index >= 15 is 0 Å². The van der Waals surface area contributed by atoms with Crippen LogP contribution in [0.25, 0.3) is 63.5 Å². The van der Waals surface area contributed by atoms with Crippen LogP contribution in [0.3, 0.4) is 0 Å². The second-order valence-electron chi connectivity index (χ2n) is 36.9. The second kappa shape index (κ2) is 47.1. The number of thiazole rings is 2. The molecule has 2 aliphatic carbocycles. The van der Waals surface area contributed by atoms with Crippen LogP contribution in [0.2, 0.25) is 0 Å². The first kappa shape index (κ1) is 101. The van der Waals surface area contributed by atoms with Crippen LogP contribution >= 0.6 is 46.2 Å². The standard InChI is InChI=1S/4C13H14.2C10H11NS.C10H10S2.2C9H18.2C9H12/c2*1-9-4-7-13-11(3)10(2)5-6-12(13)8-9;2*1-9-8-10(2)12-6-4-5-7-13(12)11(9)3;3*1-6-4-5-7(2)10-9(6)11-8(3)12-10;4*1-7-4-5-8(2)9(3)6-7/h4*4-8H,1-3H3;2*4-5H,1-3H3;4-5H,3H2,1-2H3;2*7-9H,4-6H2,1-3H3;2*4-6H,1-3H3. The van der Waals surface area contributed by atoms with E-state index in [1.807, 2.05) is 0 Å². The molecule has 2 fully saturated rings. The number of fused-ring (bicyclic) bond motifs is 7. The Balaban J connectivity index is 0.000000170. The molecule has 6 unspecified atom stereocenters. The van der Waals surface area contributed by atoms with Crippen LogP contribution in [-0.4, -0.2) is 9.97 Å². The number of aromatic nitrogens is 2. The minimum atomic E-state index is 0.980. The van der Waals surface area contributed by atoms with Gasteiger partial charge < -0.3 is 0 Å². The maximum atomic E-state index is 4.49. The van der Waals surface area contributed by atoms with Gasteiger partial charge in [0.1, 0.15) is 0 Å². The fraction of sp³-hybridized carbons (Fsp3) is 0.373. The smallest absolute Gasteiger partial charge is 0.0907 e. The van der Waals surface area contributed by atoms with Gasteiger partial charge in [-0.15, -0.1) is 22.7 Å². The van der Waals surface area contributed by atoms with Gasteiger partial charge >= 0.3 is 0 Å². The van der Waals surface area contributed by atoms with Crippen LogP contribution in [0.1, 0.15) is 224 Å². The van der Waals surface area contributed by atoms with Gasteiger partial charge in [0.25, 0.3) is 0 Å². The van der Waals surface area contributed by atoms with E-state index < -0.39 is 0 Å². The van der Waals surface area contributed by atoms with Crippen molar-refractivity contribution in [1.82, 2.24) is 9.97 Å². The van der Waals surface area contributed by atoms with Gasteiger partial charge in [0.05, 0.1) is 30.4 Å². The van der Waals surface area contributed by atoms with Gasteiger partial charge in [0.15, 0.2) is 0 Å². The summed E-state index contributed by atoms with van der Waals surface area (Å²) in [5.41, 5.74) is 35.1. The molecule has 3 aliphatic rings. The third-order valence-corrected chi connectivity index (χ3v) is 30.8. The van der Waals surface area contributed by atoms with Gasteiger partial charge in [-0.05, 0) is 383 Å². The third kappa shape index (κ3) is 28.3. The van der Waals surface area contributed by atoms with Crippen molar-refractivity contribution in [1.29, 1.82) is 0 Å². The predicted octanol–water partition coefficient (Wildman–Crippen LogP) is 36.9. The van der Waals surface area contributed by atoms with E-state index in [0.717, 1.165) is 45.5 Å². The highest BCUT2D eigenvalue weighted by atomic mass is 32.2. The highest BCUT2D eigenvalue weighted by Crippen LogP contribution is 2.52. The molecule has 2 aromatic heterocycles. The number of hydrogen-bond acceptors (Lipinski definition) is 6. The zero-order chi connectivity index (χ0) is 91.2. The first-order valence-electron chi connectivity index (χ1n) is 45.3. The van der Waals surface area contributed by atoms with Crippen molar-refractivity contribution in [2.24, 2.45) is 35.5 Å². The fourth-order valence-corrected chi connectivity index (χ4v) is 20.9. The highest BCUT2D eigenvalue weighted by Gasteiger charge is 2.23. The molecular formula is C118H148N2S4. The molecule has 6 heteroatoms. The molecule has 654 valence electrons. The molecule has 6 atom stereocenters. The van der Waals surface area contributed by atoms with Gasteiger partial charge in [-0.3, -0.25) is 0 Å². The predicted molar refractivity (Wildman–Crippen MR) is 561 cm³/mol. The third-order valence-electron chi connectivity index (χ3n) is 26.1. The number of benzene rings is 13. The summed E-state index contributed by atoms with van der Waals surface area (Å²) in [4.78, 5) is 11.8. The van der Waals surface area contributed by atoms with Crippen LogP contribution in [0.15, 0.2) is 215 Å². The number of hydrogen-bond donors (Lipinski definition) is 0. The summed E-state index contributed by atoms with van der Waals surface area (Å²) >= 11 is 7.16. The van der Waals surface area contributed by atoms with Crippen LogP contribution < -0.4 is 0 Å². The molecule has 2 nitrogen and oxygen atoms in total.